The highest BCUT2D eigenvalue weighted by atomic mass is 16.3. The quantitative estimate of drug-likeness (QED) is 0.591. The summed E-state index contributed by atoms with van der Waals surface area (Å²) in [6, 6.07) is 16.2. The molecule has 3 aromatic rings. The van der Waals surface area contributed by atoms with E-state index in [1.54, 1.807) is 43.5 Å². The summed E-state index contributed by atoms with van der Waals surface area (Å²) in [6.07, 6.45) is 3.16. The monoisotopic (exact) mass is 305 g/mol. The molecule has 1 amide bonds. The van der Waals surface area contributed by atoms with Gasteiger partial charge in [0.1, 0.15) is 5.58 Å². The fourth-order valence-electron chi connectivity index (χ4n) is 2.25. The third-order valence-electron chi connectivity index (χ3n) is 3.50. The van der Waals surface area contributed by atoms with Crippen molar-refractivity contribution < 1.29 is 14.0 Å². The van der Waals surface area contributed by atoms with Crippen molar-refractivity contribution in [2.24, 2.45) is 0 Å². The van der Waals surface area contributed by atoms with E-state index in [-0.39, 0.29) is 11.7 Å². The van der Waals surface area contributed by atoms with Crippen LogP contribution in [0.4, 0.5) is 0 Å². The molecule has 0 unspecified atom stereocenters. The predicted molar refractivity (Wildman–Crippen MR) is 89.4 cm³/mol. The molecule has 2 aromatic carbocycles. The van der Waals surface area contributed by atoms with Gasteiger partial charge in [0, 0.05) is 18.0 Å². The number of hydrogen-bond donors (Lipinski definition) is 1. The Hall–Kier alpha value is -3.14. The number of rotatable bonds is 4. The number of fused-ring (bicyclic) bond motifs is 1. The van der Waals surface area contributed by atoms with Gasteiger partial charge in [-0.1, -0.05) is 36.4 Å². The second kappa shape index (κ2) is 6.32. The normalized spacial score (nSPS) is 11.0. The van der Waals surface area contributed by atoms with Gasteiger partial charge in [-0.15, -0.1) is 0 Å². The zero-order chi connectivity index (χ0) is 16.2. The van der Waals surface area contributed by atoms with Crippen molar-refractivity contribution >= 4 is 28.7 Å². The van der Waals surface area contributed by atoms with E-state index in [9.17, 15) is 9.59 Å². The number of furan rings is 1. The Bertz CT molecular complexity index is 855. The SMILES string of the molecule is CNC(=O)c1ccc(C=CC(=O)c2cc3ccccc3o2)cc1. The van der Waals surface area contributed by atoms with Crippen LogP contribution < -0.4 is 5.32 Å². The molecule has 0 saturated heterocycles. The van der Waals surface area contributed by atoms with Crippen LogP contribution in [0, 0.1) is 0 Å². The first-order valence-electron chi connectivity index (χ1n) is 7.20. The van der Waals surface area contributed by atoms with Crippen molar-refractivity contribution in [3.8, 4) is 0 Å². The van der Waals surface area contributed by atoms with Crippen LogP contribution in [0.3, 0.4) is 0 Å². The molecule has 0 atom stereocenters. The summed E-state index contributed by atoms with van der Waals surface area (Å²) >= 11 is 0. The Morgan fingerprint density at radius 2 is 1.78 bits per heavy atom. The zero-order valence-electron chi connectivity index (χ0n) is 12.6. The largest absolute Gasteiger partial charge is 0.453 e. The van der Waals surface area contributed by atoms with E-state index in [1.165, 1.54) is 6.08 Å². The molecule has 0 saturated carbocycles. The molecule has 3 rings (SSSR count). The zero-order valence-corrected chi connectivity index (χ0v) is 12.6. The molecule has 0 aliphatic carbocycles. The summed E-state index contributed by atoms with van der Waals surface area (Å²) in [7, 11) is 1.59. The average Bonchev–Trinajstić information content (AvgIpc) is 3.03. The first kappa shape index (κ1) is 14.8. The number of carbonyl (C=O) groups excluding carboxylic acids is 2. The van der Waals surface area contributed by atoms with Crippen LogP contribution in [0.1, 0.15) is 26.5 Å². The molecule has 0 spiro atoms. The molecule has 4 heteroatoms. The summed E-state index contributed by atoms with van der Waals surface area (Å²) < 4.78 is 5.53. The fourth-order valence-corrected chi connectivity index (χ4v) is 2.25. The lowest BCUT2D eigenvalue weighted by Crippen LogP contribution is -2.17. The lowest BCUT2D eigenvalue weighted by atomic mass is 10.1. The maximum atomic E-state index is 12.2. The number of benzene rings is 2. The van der Waals surface area contributed by atoms with Crippen molar-refractivity contribution in [3.63, 3.8) is 0 Å². The van der Waals surface area contributed by atoms with Crippen molar-refractivity contribution in [1.29, 1.82) is 0 Å². The minimum atomic E-state index is -0.198. The summed E-state index contributed by atoms with van der Waals surface area (Å²) in [5, 5.41) is 3.46. The van der Waals surface area contributed by atoms with Gasteiger partial charge >= 0.3 is 0 Å². The van der Waals surface area contributed by atoms with Crippen LogP contribution in [-0.2, 0) is 0 Å². The van der Waals surface area contributed by atoms with Gasteiger partial charge in [0.05, 0.1) is 0 Å². The third kappa shape index (κ3) is 3.21. The Labute approximate surface area is 133 Å². The van der Waals surface area contributed by atoms with Gasteiger partial charge in [-0.05, 0) is 35.9 Å². The molecule has 114 valence electrons. The summed E-state index contributed by atoms with van der Waals surface area (Å²) in [6.45, 7) is 0. The number of para-hydroxylation sites is 1. The van der Waals surface area contributed by atoms with Crippen molar-refractivity contribution in [3.05, 3.63) is 77.6 Å². The van der Waals surface area contributed by atoms with Crippen LogP contribution in [0.15, 0.2) is 65.1 Å². The molecular weight excluding hydrogens is 290 g/mol. The fraction of sp³-hybridized carbons (Fsp3) is 0.0526. The summed E-state index contributed by atoms with van der Waals surface area (Å²) in [4.78, 5) is 23.6. The van der Waals surface area contributed by atoms with E-state index in [0.717, 1.165) is 10.9 Å². The van der Waals surface area contributed by atoms with Gasteiger partial charge in [-0.3, -0.25) is 9.59 Å². The molecule has 1 N–H and O–H groups in total. The minimum absolute atomic E-state index is 0.140. The lowest BCUT2D eigenvalue weighted by molar-refractivity contribution is 0.0962. The van der Waals surface area contributed by atoms with Gasteiger partial charge in [0.25, 0.3) is 5.91 Å². The van der Waals surface area contributed by atoms with Gasteiger partial charge in [0.2, 0.25) is 5.78 Å². The second-order valence-corrected chi connectivity index (χ2v) is 5.05. The van der Waals surface area contributed by atoms with Crippen LogP contribution >= 0.6 is 0 Å². The Balaban J connectivity index is 1.76. The van der Waals surface area contributed by atoms with E-state index in [4.69, 9.17) is 4.42 Å². The summed E-state index contributed by atoms with van der Waals surface area (Å²) in [5.74, 6) is -0.0279. The molecule has 0 radical (unpaired) electrons. The van der Waals surface area contributed by atoms with Gasteiger partial charge < -0.3 is 9.73 Å². The van der Waals surface area contributed by atoms with E-state index >= 15 is 0 Å². The van der Waals surface area contributed by atoms with Crippen LogP contribution in [0.5, 0.6) is 0 Å². The molecule has 0 aliphatic rings. The number of hydrogen-bond acceptors (Lipinski definition) is 3. The van der Waals surface area contributed by atoms with Crippen molar-refractivity contribution in [2.75, 3.05) is 7.05 Å². The smallest absolute Gasteiger partial charge is 0.251 e. The minimum Gasteiger partial charge on any atom is -0.453 e. The molecule has 0 aliphatic heterocycles. The second-order valence-electron chi connectivity index (χ2n) is 5.05. The Morgan fingerprint density at radius 3 is 2.48 bits per heavy atom. The number of carbonyl (C=O) groups is 2. The Morgan fingerprint density at radius 1 is 1.04 bits per heavy atom. The van der Waals surface area contributed by atoms with Crippen molar-refractivity contribution in [1.82, 2.24) is 5.32 Å². The average molecular weight is 305 g/mol. The first-order chi connectivity index (χ1) is 11.2. The maximum absolute atomic E-state index is 12.2. The van der Waals surface area contributed by atoms with E-state index in [1.807, 2.05) is 24.3 Å². The maximum Gasteiger partial charge on any atom is 0.251 e. The Kier molecular flexibility index (Phi) is 4.06. The molecule has 0 fully saturated rings. The molecule has 1 heterocycles. The predicted octanol–water partition coefficient (Wildman–Crippen LogP) is 3.69. The van der Waals surface area contributed by atoms with Crippen LogP contribution in [-0.4, -0.2) is 18.7 Å². The lowest BCUT2D eigenvalue weighted by Gasteiger charge is -1.99. The van der Waals surface area contributed by atoms with E-state index in [2.05, 4.69) is 5.32 Å². The van der Waals surface area contributed by atoms with Crippen LogP contribution in [0.25, 0.3) is 17.0 Å². The van der Waals surface area contributed by atoms with Crippen molar-refractivity contribution in [2.45, 2.75) is 0 Å². The first-order valence-corrected chi connectivity index (χ1v) is 7.20. The number of ketones is 1. The van der Waals surface area contributed by atoms with Gasteiger partial charge in [-0.25, -0.2) is 0 Å². The highest BCUT2D eigenvalue weighted by molar-refractivity contribution is 6.07. The highest BCUT2D eigenvalue weighted by Gasteiger charge is 2.09. The highest BCUT2D eigenvalue weighted by Crippen LogP contribution is 2.19. The molecule has 23 heavy (non-hydrogen) atoms. The number of amides is 1. The molecule has 1 aromatic heterocycles. The molecule has 4 nitrogen and oxygen atoms in total. The van der Waals surface area contributed by atoms with Gasteiger partial charge in [0.15, 0.2) is 5.76 Å². The molecular formula is C19H15NO3. The van der Waals surface area contributed by atoms with Crippen LogP contribution in [0.2, 0.25) is 0 Å². The third-order valence-corrected chi connectivity index (χ3v) is 3.50. The number of nitrogens with one attached hydrogen (secondary N) is 1. The van der Waals surface area contributed by atoms with E-state index < -0.39 is 0 Å². The number of allylic oxidation sites excluding steroid dienone is 1. The standard InChI is InChI=1S/C19H15NO3/c1-20-19(22)14-9-6-13(7-10-14)8-11-16(21)18-12-15-4-2-3-5-17(15)23-18/h2-12H,1H3,(H,20,22). The van der Waals surface area contributed by atoms with Gasteiger partial charge in [-0.2, -0.15) is 0 Å². The molecule has 0 bridgehead atoms. The van der Waals surface area contributed by atoms with E-state index in [0.29, 0.717) is 16.9 Å². The summed E-state index contributed by atoms with van der Waals surface area (Å²) in [5.41, 5.74) is 2.11. The topological polar surface area (TPSA) is 59.3 Å².